The lowest BCUT2D eigenvalue weighted by Gasteiger charge is -2.36. The summed E-state index contributed by atoms with van der Waals surface area (Å²) < 4.78 is 7.72. The zero-order valence-corrected chi connectivity index (χ0v) is 19.9. The maximum atomic E-state index is 5.56. The number of ether oxygens (including phenoxy) is 1. The molecule has 4 aromatic rings. The van der Waals surface area contributed by atoms with E-state index in [2.05, 4.69) is 73.8 Å². The van der Waals surface area contributed by atoms with Gasteiger partial charge in [0.25, 0.3) is 0 Å². The second-order valence-corrected chi connectivity index (χ2v) is 9.68. The third-order valence-corrected chi connectivity index (χ3v) is 7.44. The van der Waals surface area contributed by atoms with Gasteiger partial charge in [-0.05, 0) is 58.0 Å². The van der Waals surface area contributed by atoms with Crippen LogP contribution in [0.2, 0.25) is 0 Å². The molecule has 6 rings (SSSR count). The van der Waals surface area contributed by atoms with Crippen molar-refractivity contribution in [2.75, 3.05) is 45.3 Å². The zero-order valence-electron chi connectivity index (χ0n) is 19.9. The van der Waals surface area contributed by atoms with Gasteiger partial charge in [0.2, 0.25) is 0 Å². The Bertz CT molecular complexity index is 1290. The van der Waals surface area contributed by atoms with Crippen LogP contribution in [0.15, 0.2) is 42.7 Å². The molecule has 34 heavy (non-hydrogen) atoms. The van der Waals surface area contributed by atoms with Crippen LogP contribution in [0.1, 0.15) is 37.4 Å². The second-order valence-electron chi connectivity index (χ2n) is 9.68. The topological polar surface area (TPSA) is 71.7 Å². The van der Waals surface area contributed by atoms with Crippen LogP contribution in [0.3, 0.4) is 0 Å². The molecule has 0 radical (unpaired) electrons. The number of pyridine rings is 1. The molecule has 1 aromatic carbocycles. The highest BCUT2D eigenvalue weighted by Crippen LogP contribution is 2.30. The van der Waals surface area contributed by atoms with Crippen LogP contribution in [0.25, 0.3) is 27.9 Å². The predicted octanol–water partition coefficient (Wildman–Crippen LogP) is 3.76. The molecule has 0 bridgehead atoms. The standard InChI is InChI=1S/C26H31N7O/c1-31(2)20-7-11-32(12-8-20)21-5-3-18(4-6-21)22-15-24-23(16-27-22)28-17-25-29-30-26(33(24)25)19-9-13-34-14-10-19/h3-6,15-17,19-20H,7-14H2,1-2H3. The summed E-state index contributed by atoms with van der Waals surface area (Å²) in [4.78, 5) is 14.1. The highest BCUT2D eigenvalue weighted by atomic mass is 16.5. The Hall–Kier alpha value is -3.10. The molecular formula is C26H31N7O. The maximum Gasteiger partial charge on any atom is 0.179 e. The molecule has 8 nitrogen and oxygen atoms in total. The van der Waals surface area contributed by atoms with Gasteiger partial charge in [0.1, 0.15) is 11.3 Å². The second kappa shape index (κ2) is 8.92. The van der Waals surface area contributed by atoms with Gasteiger partial charge in [0.05, 0.1) is 23.6 Å². The molecule has 2 saturated heterocycles. The fourth-order valence-corrected chi connectivity index (χ4v) is 5.34. The van der Waals surface area contributed by atoms with E-state index in [0.717, 1.165) is 72.9 Å². The fourth-order valence-electron chi connectivity index (χ4n) is 5.34. The molecule has 0 spiro atoms. The van der Waals surface area contributed by atoms with E-state index in [0.29, 0.717) is 12.0 Å². The number of benzene rings is 1. The van der Waals surface area contributed by atoms with Gasteiger partial charge in [-0.3, -0.25) is 9.38 Å². The quantitative estimate of drug-likeness (QED) is 0.462. The van der Waals surface area contributed by atoms with Crippen LogP contribution in [0.4, 0.5) is 5.69 Å². The highest BCUT2D eigenvalue weighted by molar-refractivity contribution is 5.81. The Labute approximate surface area is 199 Å². The Kier molecular flexibility index (Phi) is 5.63. The normalized spacial score (nSPS) is 18.4. The first kappa shape index (κ1) is 21.4. The van der Waals surface area contributed by atoms with E-state index >= 15 is 0 Å². The van der Waals surface area contributed by atoms with Crippen molar-refractivity contribution >= 4 is 22.4 Å². The van der Waals surface area contributed by atoms with Crippen molar-refractivity contribution in [2.24, 2.45) is 0 Å². The largest absolute Gasteiger partial charge is 0.381 e. The minimum absolute atomic E-state index is 0.349. The first-order chi connectivity index (χ1) is 16.7. The molecule has 5 heterocycles. The van der Waals surface area contributed by atoms with Crippen LogP contribution >= 0.6 is 0 Å². The first-order valence-electron chi connectivity index (χ1n) is 12.3. The van der Waals surface area contributed by atoms with Gasteiger partial charge in [-0.1, -0.05) is 12.1 Å². The van der Waals surface area contributed by atoms with Gasteiger partial charge in [0, 0.05) is 49.5 Å². The predicted molar refractivity (Wildman–Crippen MR) is 133 cm³/mol. The van der Waals surface area contributed by atoms with E-state index in [-0.39, 0.29) is 0 Å². The van der Waals surface area contributed by atoms with Crippen molar-refractivity contribution in [1.82, 2.24) is 29.5 Å². The molecular weight excluding hydrogens is 426 g/mol. The van der Waals surface area contributed by atoms with Crippen LogP contribution in [0.5, 0.6) is 0 Å². The summed E-state index contributed by atoms with van der Waals surface area (Å²) in [6, 6.07) is 11.6. The summed E-state index contributed by atoms with van der Waals surface area (Å²) in [5, 5.41) is 8.95. The number of hydrogen-bond acceptors (Lipinski definition) is 7. The number of fused-ring (bicyclic) bond motifs is 3. The van der Waals surface area contributed by atoms with E-state index in [9.17, 15) is 0 Å². The van der Waals surface area contributed by atoms with Crippen molar-refractivity contribution in [3.05, 3.63) is 48.5 Å². The highest BCUT2D eigenvalue weighted by Gasteiger charge is 2.23. The number of piperidine rings is 1. The minimum atomic E-state index is 0.349. The van der Waals surface area contributed by atoms with Crippen molar-refractivity contribution in [3.63, 3.8) is 0 Å². The van der Waals surface area contributed by atoms with Crippen molar-refractivity contribution < 1.29 is 4.74 Å². The molecule has 0 saturated carbocycles. The van der Waals surface area contributed by atoms with E-state index in [1.54, 1.807) is 6.20 Å². The van der Waals surface area contributed by atoms with Gasteiger partial charge in [0.15, 0.2) is 5.65 Å². The molecule has 2 aliphatic heterocycles. The van der Waals surface area contributed by atoms with Crippen LogP contribution in [-0.4, -0.2) is 75.9 Å². The zero-order chi connectivity index (χ0) is 23.1. The molecule has 8 heteroatoms. The third kappa shape index (κ3) is 3.91. The number of hydrogen-bond donors (Lipinski definition) is 0. The minimum Gasteiger partial charge on any atom is -0.381 e. The lowest BCUT2D eigenvalue weighted by atomic mass is 9.99. The van der Waals surface area contributed by atoms with E-state index < -0.39 is 0 Å². The molecule has 176 valence electrons. The monoisotopic (exact) mass is 457 g/mol. The van der Waals surface area contributed by atoms with Crippen LogP contribution < -0.4 is 4.90 Å². The average Bonchev–Trinajstić information content (AvgIpc) is 3.34. The Morgan fingerprint density at radius 3 is 2.41 bits per heavy atom. The fraction of sp³-hybridized carbons (Fsp3) is 0.462. The lowest BCUT2D eigenvalue weighted by Crippen LogP contribution is -2.41. The summed E-state index contributed by atoms with van der Waals surface area (Å²) in [6.07, 6.45) is 7.99. The average molecular weight is 458 g/mol. The van der Waals surface area contributed by atoms with Gasteiger partial charge in [-0.2, -0.15) is 0 Å². The Morgan fingerprint density at radius 2 is 1.68 bits per heavy atom. The molecule has 0 atom stereocenters. The lowest BCUT2D eigenvalue weighted by molar-refractivity contribution is 0.0834. The number of nitrogens with zero attached hydrogens (tertiary/aromatic N) is 7. The summed E-state index contributed by atoms with van der Waals surface area (Å²) in [7, 11) is 4.36. The van der Waals surface area contributed by atoms with Gasteiger partial charge in [-0.15, -0.1) is 10.2 Å². The summed E-state index contributed by atoms with van der Waals surface area (Å²) in [5.41, 5.74) is 5.96. The summed E-state index contributed by atoms with van der Waals surface area (Å²) in [6.45, 7) is 3.74. The van der Waals surface area contributed by atoms with E-state index in [4.69, 9.17) is 9.72 Å². The van der Waals surface area contributed by atoms with Gasteiger partial charge < -0.3 is 14.5 Å². The number of rotatable bonds is 4. The van der Waals surface area contributed by atoms with Crippen molar-refractivity contribution in [3.8, 4) is 11.3 Å². The van der Waals surface area contributed by atoms with Crippen LogP contribution in [0, 0.1) is 0 Å². The Morgan fingerprint density at radius 1 is 0.912 bits per heavy atom. The SMILES string of the molecule is CN(C)C1CCN(c2ccc(-c3cc4c(cn3)ncc3nnc(C5CCOCC5)n34)cc2)CC1. The van der Waals surface area contributed by atoms with E-state index in [1.165, 1.54) is 18.5 Å². The molecule has 0 amide bonds. The van der Waals surface area contributed by atoms with Crippen molar-refractivity contribution in [2.45, 2.75) is 37.6 Å². The molecule has 2 aliphatic rings. The number of aromatic nitrogens is 5. The molecule has 2 fully saturated rings. The number of anilines is 1. The van der Waals surface area contributed by atoms with Crippen molar-refractivity contribution in [1.29, 1.82) is 0 Å². The third-order valence-electron chi connectivity index (χ3n) is 7.44. The molecule has 0 aliphatic carbocycles. The maximum absolute atomic E-state index is 5.56. The molecule has 0 unspecified atom stereocenters. The van der Waals surface area contributed by atoms with Crippen LogP contribution in [-0.2, 0) is 4.74 Å². The summed E-state index contributed by atoms with van der Waals surface area (Å²) >= 11 is 0. The Balaban J connectivity index is 1.31. The van der Waals surface area contributed by atoms with Gasteiger partial charge >= 0.3 is 0 Å². The first-order valence-corrected chi connectivity index (χ1v) is 12.3. The van der Waals surface area contributed by atoms with E-state index in [1.807, 2.05) is 6.20 Å². The summed E-state index contributed by atoms with van der Waals surface area (Å²) in [5.74, 6) is 1.35. The molecule has 0 N–H and O–H groups in total. The smallest absolute Gasteiger partial charge is 0.179 e. The molecule has 3 aromatic heterocycles. The van der Waals surface area contributed by atoms with Gasteiger partial charge in [-0.25, -0.2) is 4.98 Å².